The van der Waals surface area contributed by atoms with E-state index in [1.165, 1.54) is 0 Å². The summed E-state index contributed by atoms with van der Waals surface area (Å²) in [5.41, 5.74) is 2.82. The van der Waals surface area contributed by atoms with Gasteiger partial charge in [0.25, 0.3) is 11.8 Å². The fourth-order valence-corrected chi connectivity index (χ4v) is 2.23. The fraction of sp³-hybridized carbons (Fsp3) is 0.176. The van der Waals surface area contributed by atoms with Crippen LogP contribution in [0.4, 0.5) is 11.4 Å². The Bertz CT molecular complexity index is 904. The summed E-state index contributed by atoms with van der Waals surface area (Å²) in [6.07, 6.45) is 1.70. The number of anilines is 2. The molecule has 0 fully saturated rings. The van der Waals surface area contributed by atoms with Gasteiger partial charge in [0.2, 0.25) is 0 Å². The van der Waals surface area contributed by atoms with Crippen molar-refractivity contribution < 1.29 is 9.59 Å². The van der Waals surface area contributed by atoms with Gasteiger partial charge in [-0.2, -0.15) is 10.2 Å². The van der Waals surface area contributed by atoms with Crippen LogP contribution in [0.1, 0.15) is 26.7 Å². The molecule has 3 aromatic rings. The lowest BCUT2D eigenvalue weighted by Gasteiger charge is -2.06. The lowest BCUT2D eigenvalue weighted by Crippen LogP contribution is -2.14. The van der Waals surface area contributed by atoms with Crippen molar-refractivity contribution in [2.24, 2.45) is 14.1 Å². The van der Waals surface area contributed by atoms with Crippen molar-refractivity contribution in [3.05, 3.63) is 59.7 Å². The highest BCUT2D eigenvalue weighted by Crippen LogP contribution is 2.15. The zero-order chi connectivity index (χ0) is 18.0. The van der Waals surface area contributed by atoms with Crippen LogP contribution in [0.25, 0.3) is 0 Å². The Balaban J connectivity index is 1.64. The molecule has 2 aromatic heterocycles. The van der Waals surface area contributed by atoms with Crippen molar-refractivity contribution in [1.29, 1.82) is 0 Å². The molecule has 3 rings (SSSR count). The summed E-state index contributed by atoms with van der Waals surface area (Å²) >= 11 is 0. The number of nitrogens with zero attached hydrogens (tertiary/aromatic N) is 4. The lowest BCUT2D eigenvalue weighted by molar-refractivity contribution is 0.101. The molecule has 2 amide bonds. The van der Waals surface area contributed by atoms with E-state index >= 15 is 0 Å². The van der Waals surface area contributed by atoms with Crippen molar-refractivity contribution in [3.63, 3.8) is 0 Å². The Kier molecular flexibility index (Phi) is 4.34. The van der Waals surface area contributed by atoms with Gasteiger partial charge in [-0.25, -0.2) is 0 Å². The van der Waals surface area contributed by atoms with E-state index in [0.717, 1.165) is 5.69 Å². The molecule has 8 heteroatoms. The maximum atomic E-state index is 12.2. The number of rotatable bonds is 4. The number of carbonyl (C=O) groups excluding carboxylic acids is 2. The third-order valence-corrected chi connectivity index (χ3v) is 3.69. The minimum atomic E-state index is -0.290. The molecule has 0 aliphatic carbocycles. The zero-order valence-electron chi connectivity index (χ0n) is 14.1. The molecule has 0 saturated heterocycles. The predicted octanol–water partition coefficient (Wildman–Crippen LogP) is 1.97. The van der Waals surface area contributed by atoms with Crippen LogP contribution in [0.3, 0.4) is 0 Å². The molecule has 0 spiro atoms. The van der Waals surface area contributed by atoms with Crippen LogP contribution >= 0.6 is 0 Å². The van der Waals surface area contributed by atoms with Crippen molar-refractivity contribution in [3.8, 4) is 0 Å². The molecule has 0 aliphatic heterocycles. The molecule has 0 aliphatic rings. The van der Waals surface area contributed by atoms with E-state index in [1.54, 1.807) is 66.1 Å². The number of aryl methyl sites for hydroxylation is 3. The molecule has 25 heavy (non-hydrogen) atoms. The van der Waals surface area contributed by atoms with Gasteiger partial charge in [-0.3, -0.25) is 19.0 Å². The van der Waals surface area contributed by atoms with Gasteiger partial charge in [-0.15, -0.1) is 0 Å². The first kappa shape index (κ1) is 16.4. The molecule has 8 nitrogen and oxygen atoms in total. The Morgan fingerprint density at radius 2 is 1.44 bits per heavy atom. The molecule has 0 atom stereocenters. The average Bonchev–Trinajstić information content (AvgIpc) is 3.16. The minimum absolute atomic E-state index is 0.283. The van der Waals surface area contributed by atoms with E-state index in [9.17, 15) is 9.59 Å². The molecule has 128 valence electrons. The molecule has 2 heterocycles. The second-order valence-electron chi connectivity index (χ2n) is 5.65. The summed E-state index contributed by atoms with van der Waals surface area (Å²) in [5.74, 6) is -0.574. The molecular formula is C17H18N6O2. The van der Waals surface area contributed by atoms with Crippen LogP contribution in [0.5, 0.6) is 0 Å². The standard InChI is InChI=1S/C17H18N6O2/c1-11-10-15(21-23(11)3)17(25)19-13-6-4-12(5-7-13)18-16(24)14-8-9-22(2)20-14/h4-10H,1-3H3,(H,18,24)(H,19,25). The Morgan fingerprint density at radius 3 is 1.88 bits per heavy atom. The number of aromatic nitrogens is 4. The average molecular weight is 338 g/mol. The molecule has 2 N–H and O–H groups in total. The van der Waals surface area contributed by atoms with E-state index in [2.05, 4.69) is 20.8 Å². The Hall–Kier alpha value is -3.42. The lowest BCUT2D eigenvalue weighted by atomic mass is 10.2. The number of nitrogens with one attached hydrogen (secondary N) is 2. The van der Waals surface area contributed by atoms with Gasteiger partial charge in [0.15, 0.2) is 11.4 Å². The SMILES string of the molecule is Cc1cc(C(=O)Nc2ccc(NC(=O)c3ccn(C)n3)cc2)nn1C. The van der Waals surface area contributed by atoms with Crippen LogP contribution in [0, 0.1) is 6.92 Å². The molecule has 0 unspecified atom stereocenters. The van der Waals surface area contributed by atoms with E-state index in [4.69, 9.17) is 0 Å². The summed E-state index contributed by atoms with van der Waals surface area (Å²) in [6.45, 7) is 1.88. The smallest absolute Gasteiger partial charge is 0.276 e. The first-order chi connectivity index (χ1) is 11.9. The maximum Gasteiger partial charge on any atom is 0.276 e. The topological polar surface area (TPSA) is 93.8 Å². The normalized spacial score (nSPS) is 10.5. The Morgan fingerprint density at radius 1 is 0.880 bits per heavy atom. The minimum Gasteiger partial charge on any atom is -0.321 e. The van der Waals surface area contributed by atoms with E-state index in [0.29, 0.717) is 22.8 Å². The van der Waals surface area contributed by atoms with Crippen LogP contribution in [0.2, 0.25) is 0 Å². The molecule has 0 saturated carbocycles. The second-order valence-corrected chi connectivity index (χ2v) is 5.65. The fourth-order valence-electron chi connectivity index (χ4n) is 2.23. The maximum absolute atomic E-state index is 12.2. The summed E-state index contributed by atoms with van der Waals surface area (Å²) in [5, 5.41) is 13.7. The van der Waals surface area contributed by atoms with Gasteiger partial charge >= 0.3 is 0 Å². The summed E-state index contributed by atoms with van der Waals surface area (Å²) < 4.78 is 3.21. The quantitative estimate of drug-likeness (QED) is 0.760. The van der Waals surface area contributed by atoms with Crippen LogP contribution in [0.15, 0.2) is 42.6 Å². The summed E-state index contributed by atoms with van der Waals surface area (Å²) in [7, 11) is 3.53. The highest BCUT2D eigenvalue weighted by Gasteiger charge is 2.12. The zero-order valence-corrected chi connectivity index (χ0v) is 14.1. The molecule has 0 bridgehead atoms. The van der Waals surface area contributed by atoms with Crippen molar-refractivity contribution in [2.45, 2.75) is 6.92 Å². The number of hydrogen-bond donors (Lipinski definition) is 2. The van der Waals surface area contributed by atoms with E-state index in [-0.39, 0.29) is 11.8 Å². The van der Waals surface area contributed by atoms with Crippen LogP contribution < -0.4 is 10.6 Å². The monoisotopic (exact) mass is 338 g/mol. The number of hydrogen-bond acceptors (Lipinski definition) is 4. The van der Waals surface area contributed by atoms with Crippen molar-refractivity contribution >= 4 is 23.2 Å². The van der Waals surface area contributed by atoms with E-state index in [1.807, 2.05) is 6.92 Å². The number of carbonyl (C=O) groups is 2. The number of amides is 2. The molecule has 0 radical (unpaired) electrons. The van der Waals surface area contributed by atoms with Gasteiger partial charge in [-0.1, -0.05) is 0 Å². The van der Waals surface area contributed by atoms with Gasteiger partial charge < -0.3 is 10.6 Å². The highest BCUT2D eigenvalue weighted by molar-refractivity contribution is 6.04. The van der Waals surface area contributed by atoms with Gasteiger partial charge in [0, 0.05) is 37.4 Å². The first-order valence-corrected chi connectivity index (χ1v) is 7.65. The summed E-state index contributed by atoms with van der Waals surface area (Å²) in [6, 6.07) is 10.2. The van der Waals surface area contributed by atoms with Gasteiger partial charge in [0.05, 0.1) is 0 Å². The third kappa shape index (κ3) is 3.74. The van der Waals surface area contributed by atoms with Crippen LogP contribution in [-0.2, 0) is 14.1 Å². The highest BCUT2D eigenvalue weighted by atomic mass is 16.2. The third-order valence-electron chi connectivity index (χ3n) is 3.69. The first-order valence-electron chi connectivity index (χ1n) is 7.65. The summed E-state index contributed by atoms with van der Waals surface area (Å²) in [4.78, 5) is 24.2. The van der Waals surface area contributed by atoms with E-state index < -0.39 is 0 Å². The second kappa shape index (κ2) is 6.60. The van der Waals surface area contributed by atoms with Crippen molar-refractivity contribution in [2.75, 3.05) is 10.6 Å². The molecular weight excluding hydrogens is 320 g/mol. The van der Waals surface area contributed by atoms with Crippen LogP contribution in [-0.4, -0.2) is 31.4 Å². The number of benzene rings is 1. The Labute approximate surface area is 144 Å². The van der Waals surface area contributed by atoms with Crippen molar-refractivity contribution in [1.82, 2.24) is 19.6 Å². The van der Waals surface area contributed by atoms with Gasteiger partial charge in [0.1, 0.15) is 0 Å². The molecule has 1 aromatic carbocycles. The predicted molar refractivity (Wildman–Crippen MR) is 93.5 cm³/mol. The van der Waals surface area contributed by atoms with Gasteiger partial charge in [-0.05, 0) is 43.3 Å². The largest absolute Gasteiger partial charge is 0.321 e.